The number of hydrogen-bond acceptors (Lipinski definition) is 5. The van der Waals surface area contributed by atoms with Crippen LogP contribution in [0.25, 0.3) is 11.4 Å². The highest BCUT2D eigenvalue weighted by Gasteiger charge is 2.37. The van der Waals surface area contributed by atoms with Gasteiger partial charge < -0.3 is 5.73 Å². The number of rotatable bonds is 4. The lowest BCUT2D eigenvalue weighted by atomic mass is 9.68. The Morgan fingerprint density at radius 3 is 2.64 bits per heavy atom. The fourth-order valence-electron chi connectivity index (χ4n) is 3.98. The van der Waals surface area contributed by atoms with Crippen molar-refractivity contribution in [3.63, 3.8) is 0 Å². The number of nitrogens with one attached hydrogen (secondary N) is 1. The number of halogens is 2. The average Bonchev–Trinajstić information content (AvgIpc) is 3.23. The molecule has 0 spiro atoms. The van der Waals surface area contributed by atoms with E-state index in [1.54, 1.807) is 23.0 Å². The van der Waals surface area contributed by atoms with Gasteiger partial charge in [0, 0.05) is 23.0 Å². The van der Waals surface area contributed by atoms with Crippen molar-refractivity contribution in [1.82, 2.24) is 25.2 Å². The van der Waals surface area contributed by atoms with Crippen molar-refractivity contribution in [3.8, 4) is 11.4 Å². The Hall–Kier alpha value is -2.22. The third-order valence-electron chi connectivity index (χ3n) is 5.59. The van der Waals surface area contributed by atoms with Crippen molar-refractivity contribution in [2.45, 2.75) is 37.1 Å². The van der Waals surface area contributed by atoms with Crippen LogP contribution in [0, 0.1) is 0 Å². The van der Waals surface area contributed by atoms with E-state index in [0.717, 1.165) is 30.7 Å². The van der Waals surface area contributed by atoms with Crippen LogP contribution in [0.4, 0.5) is 0 Å². The molecule has 3 aromatic rings. The number of nitrogens with zero attached hydrogens (tertiary/aromatic N) is 4. The van der Waals surface area contributed by atoms with Crippen LogP contribution in [-0.2, 0) is 5.41 Å². The zero-order valence-electron chi connectivity index (χ0n) is 15.2. The van der Waals surface area contributed by atoms with E-state index in [4.69, 9.17) is 17.3 Å². The van der Waals surface area contributed by atoms with E-state index in [1.807, 2.05) is 18.2 Å². The molecule has 148 valence electrons. The molecule has 9 heteroatoms. The molecule has 0 bridgehead atoms. The number of H-pyrrole nitrogens is 1. The molecule has 7 nitrogen and oxygen atoms in total. The molecule has 1 aromatic carbocycles. The van der Waals surface area contributed by atoms with Crippen LogP contribution in [0.5, 0.6) is 0 Å². The summed E-state index contributed by atoms with van der Waals surface area (Å²) in [5.41, 5.74) is 8.40. The number of nitrogens with two attached hydrogens (primary N) is 1. The van der Waals surface area contributed by atoms with Gasteiger partial charge in [-0.2, -0.15) is 5.10 Å². The molecule has 0 aliphatic heterocycles. The van der Waals surface area contributed by atoms with E-state index in [1.165, 1.54) is 5.56 Å². The van der Waals surface area contributed by atoms with Crippen molar-refractivity contribution in [2.24, 2.45) is 5.73 Å². The second-order valence-corrected chi connectivity index (χ2v) is 7.52. The normalized spacial score (nSPS) is 21.9. The summed E-state index contributed by atoms with van der Waals surface area (Å²) in [5, 5.41) is 15.6. The maximum absolute atomic E-state index is 12.4. The van der Waals surface area contributed by atoms with E-state index >= 15 is 0 Å². The van der Waals surface area contributed by atoms with Gasteiger partial charge >= 0.3 is 0 Å². The minimum atomic E-state index is -0.102. The number of aromatic nitrogens is 5. The summed E-state index contributed by atoms with van der Waals surface area (Å²) in [6.45, 7) is 0.557. The molecule has 3 N–H and O–H groups in total. The molecule has 0 saturated heterocycles. The SMILES string of the molecule is Cl.NC[C@]1(c2cccc(Cl)c2)CC[C@H](n2nc(-c3c[nH]nn3)ccc2=O)CC1. The van der Waals surface area contributed by atoms with E-state index in [0.29, 0.717) is 17.9 Å². The predicted octanol–water partition coefficient (Wildman–Crippen LogP) is 3.12. The van der Waals surface area contributed by atoms with E-state index in [-0.39, 0.29) is 29.4 Å². The van der Waals surface area contributed by atoms with Crippen LogP contribution in [0.15, 0.2) is 47.4 Å². The summed E-state index contributed by atoms with van der Waals surface area (Å²) in [5.74, 6) is 0. The van der Waals surface area contributed by atoms with Gasteiger partial charge in [0.2, 0.25) is 0 Å². The molecule has 2 aromatic heterocycles. The Kier molecular flexibility index (Phi) is 6.17. The van der Waals surface area contributed by atoms with Crippen LogP contribution in [-0.4, -0.2) is 31.7 Å². The fraction of sp³-hybridized carbons (Fsp3) is 0.368. The summed E-state index contributed by atoms with van der Waals surface area (Å²) >= 11 is 6.18. The van der Waals surface area contributed by atoms with Crippen molar-refractivity contribution in [2.75, 3.05) is 6.54 Å². The molecular formula is C19H22Cl2N6O. The molecule has 1 aliphatic carbocycles. The first-order chi connectivity index (χ1) is 13.1. The Labute approximate surface area is 173 Å². The van der Waals surface area contributed by atoms with Gasteiger partial charge in [-0.1, -0.05) is 28.9 Å². The maximum Gasteiger partial charge on any atom is 0.267 e. The Morgan fingerprint density at radius 2 is 2.00 bits per heavy atom. The van der Waals surface area contributed by atoms with Crippen LogP contribution in [0.2, 0.25) is 5.02 Å². The molecule has 0 amide bonds. The molecule has 28 heavy (non-hydrogen) atoms. The van der Waals surface area contributed by atoms with Gasteiger partial charge in [-0.25, -0.2) is 4.68 Å². The summed E-state index contributed by atoms with van der Waals surface area (Å²) < 4.78 is 1.59. The van der Waals surface area contributed by atoms with Crippen molar-refractivity contribution in [3.05, 3.63) is 63.5 Å². The van der Waals surface area contributed by atoms with Crippen LogP contribution in [0.3, 0.4) is 0 Å². The third-order valence-corrected chi connectivity index (χ3v) is 5.83. The fourth-order valence-corrected chi connectivity index (χ4v) is 4.17. The van der Waals surface area contributed by atoms with Gasteiger partial charge in [0.05, 0.1) is 12.2 Å². The quantitative estimate of drug-likeness (QED) is 0.674. The molecule has 1 saturated carbocycles. The van der Waals surface area contributed by atoms with Crippen molar-refractivity contribution in [1.29, 1.82) is 0 Å². The van der Waals surface area contributed by atoms with Crippen molar-refractivity contribution < 1.29 is 0 Å². The third kappa shape index (κ3) is 3.83. The van der Waals surface area contributed by atoms with Gasteiger partial charge in [-0.15, -0.1) is 17.5 Å². The minimum absolute atomic E-state index is 0. The standard InChI is InChI=1S/C19H21ClN6O.ClH/c20-14-3-1-2-13(10-14)19(12-21)8-6-15(7-9-19)26-18(27)5-4-16(24-26)17-11-22-25-23-17;/h1-5,10-11,15H,6-9,12,21H2,(H,22,23,25);1H/t15-,19-;. The number of hydrogen-bond donors (Lipinski definition) is 2. The molecular weight excluding hydrogens is 399 g/mol. The Balaban J connectivity index is 0.00000225. The molecule has 0 radical (unpaired) electrons. The molecule has 2 heterocycles. The summed E-state index contributed by atoms with van der Waals surface area (Å²) in [6, 6.07) is 11.2. The maximum atomic E-state index is 12.4. The highest BCUT2D eigenvalue weighted by Crippen LogP contribution is 2.42. The van der Waals surface area contributed by atoms with E-state index < -0.39 is 0 Å². The van der Waals surface area contributed by atoms with Crippen LogP contribution < -0.4 is 11.3 Å². The molecule has 1 aliphatic rings. The van der Waals surface area contributed by atoms with Crippen LogP contribution in [0.1, 0.15) is 37.3 Å². The lowest BCUT2D eigenvalue weighted by molar-refractivity contribution is 0.222. The summed E-state index contributed by atoms with van der Waals surface area (Å²) in [7, 11) is 0. The molecule has 4 rings (SSSR count). The first-order valence-electron chi connectivity index (χ1n) is 9.04. The van der Waals surface area contributed by atoms with Gasteiger partial charge in [0.15, 0.2) is 0 Å². The molecule has 0 unspecified atom stereocenters. The first kappa shape index (κ1) is 20.5. The van der Waals surface area contributed by atoms with Gasteiger partial charge in [-0.05, 0) is 49.4 Å². The first-order valence-corrected chi connectivity index (χ1v) is 9.42. The average molecular weight is 421 g/mol. The van der Waals surface area contributed by atoms with Crippen molar-refractivity contribution >= 4 is 24.0 Å². The monoisotopic (exact) mass is 420 g/mol. The largest absolute Gasteiger partial charge is 0.330 e. The van der Waals surface area contributed by atoms with Gasteiger partial charge in [0.25, 0.3) is 5.56 Å². The van der Waals surface area contributed by atoms with Gasteiger partial charge in [-0.3, -0.25) is 9.89 Å². The predicted molar refractivity (Wildman–Crippen MR) is 111 cm³/mol. The Morgan fingerprint density at radius 1 is 1.21 bits per heavy atom. The number of aromatic amines is 1. The summed E-state index contributed by atoms with van der Waals surface area (Å²) in [4.78, 5) is 12.4. The second kappa shape index (κ2) is 8.43. The summed E-state index contributed by atoms with van der Waals surface area (Å²) in [6.07, 6.45) is 5.10. The highest BCUT2D eigenvalue weighted by atomic mass is 35.5. The van der Waals surface area contributed by atoms with Gasteiger partial charge in [0.1, 0.15) is 11.4 Å². The van der Waals surface area contributed by atoms with Crippen LogP contribution >= 0.6 is 24.0 Å². The minimum Gasteiger partial charge on any atom is -0.330 e. The smallest absolute Gasteiger partial charge is 0.267 e. The highest BCUT2D eigenvalue weighted by molar-refractivity contribution is 6.30. The zero-order chi connectivity index (χ0) is 18.9. The van der Waals surface area contributed by atoms with E-state index in [9.17, 15) is 4.79 Å². The Bertz CT molecular complexity index is 980. The lowest BCUT2D eigenvalue weighted by Crippen LogP contribution is -2.41. The number of benzene rings is 1. The van der Waals surface area contributed by atoms with E-state index in [2.05, 4.69) is 26.6 Å². The topological polar surface area (TPSA) is 102 Å². The molecule has 0 atom stereocenters. The zero-order valence-corrected chi connectivity index (χ0v) is 16.8. The molecule has 1 fully saturated rings. The second-order valence-electron chi connectivity index (χ2n) is 7.09. The lowest BCUT2D eigenvalue weighted by Gasteiger charge is -2.40.